The van der Waals surface area contributed by atoms with E-state index in [1.165, 1.54) is 4.88 Å². The zero-order chi connectivity index (χ0) is 10.6. The van der Waals surface area contributed by atoms with Gasteiger partial charge in [-0.25, -0.2) is 0 Å². The van der Waals surface area contributed by atoms with Crippen LogP contribution in [-0.4, -0.2) is 24.8 Å². The van der Waals surface area contributed by atoms with Gasteiger partial charge >= 0.3 is 0 Å². The number of hydrogen-bond donors (Lipinski definition) is 0. The van der Waals surface area contributed by atoms with E-state index in [4.69, 9.17) is 0 Å². The highest BCUT2D eigenvalue weighted by molar-refractivity contribution is 7.14. The van der Waals surface area contributed by atoms with Crippen LogP contribution in [0.15, 0.2) is 24.4 Å². The SMILES string of the molecule is CCc1ccc(C(=O)/C=C/N(C)C)s1. The molecule has 0 saturated carbocycles. The van der Waals surface area contributed by atoms with Gasteiger partial charge in [-0.2, -0.15) is 0 Å². The number of ketones is 1. The molecule has 0 aliphatic carbocycles. The fourth-order valence-corrected chi connectivity index (χ4v) is 1.87. The maximum atomic E-state index is 11.6. The van der Waals surface area contributed by atoms with Gasteiger partial charge in [0.25, 0.3) is 0 Å². The molecule has 76 valence electrons. The predicted molar refractivity (Wildman–Crippen MR) is 60.9 cm³/mol. The smallest absolute Gasteiger partial charge is 0.197 e. The van der Waals surface area contributed by atoms with Gasteiger partial charge in [-0.1, -0.05) is 6.92 Å². The molecule has 0 saturated heterocycles. The van der Waals surface area contributed by atoms with E-state index in [0.29, 0.717) is 0 Å². The van der Waals surface area contributed by atoms with Crippen molar-refractivity contribution in [2.75, 3.05) is 14.1 Å². The Morgan fingerprint density at radius 2 is 2.21 bits per heavy atom. The molecule has 1 heterocycles. The zero-order valence-corrected chi connectivity index (χ0v) is 9.60. The Hall–Kier alpha value is -1.09. The Morgan fingerprint density at radius 3 is 2.71 bits per heavy atom. The van der Waals surface area contributed by atoms with E-state index in [1.54, 1.807) is 23.6 Å². The van der Waals surface area contributed by atoms with Gasteiger partial charge in [-0.15, -0.1) is 11.3 Å². The van der Waals surface area contributed by atoms with Crippen LogP contribution in [0.2, 0.25) is 0 Å². The van der Waals surface area contributed by atoms with Gasteiger partial charge in [0.15, 0.2) is 5.78 Å². The van der Waals surface area contributed by atoms with Crippen molar-refractivity contribution in [3.63, 3.8) is 0 Å². The zero-order valence-electron chi connectivity index (χ0n) is 8.78. The van der Waals surface area contributed by atoms with Crippen molar-refractivity contribution in [2.24, 2.45) is 0 Å². The van der Waals surface area contributed by atoms with Crippen LogP contribution >= 0.6 is 11.3 Å². The topological polar surface area (TPSA) is 20.3 Å². The van der Waals surface area contributed by atoms with Gasteiger partial charge in [0.1, 0.15) is 0 Å². The van der Waals surface area contributed by atoms with Crippen LogP contribution in [0.25, 0.3) is 0 Å². The minimum Gasteiger partial charge on any atom is -0.383 e. The third kappa shape index (κ3) is 3.00. The minimum absolute atomic E-state index is 0.0865. The highest BCUT2D eigenvalue weighted by atomic mass is 32.1. The van der Waals surface area contributed by atoms with Crippen molar-refractivity contribution in [3.8, 4) is 0 Å². The van der Waals surface area contributed by atoms with Crippen molar-refractivity contribution >= 4 is 17.1 Å². The molecular weight excluding hydrogens is 194 g/mol. The fourth-order valence-electron chi connectivity index (χ4n) is 0.999. The number of thiophene rings is 1. The second-order valence-corrected chi connectivity index (χ2v) is 4.43. The van der Waals surface area contributed by atoms with Gasteiger partial charge in [-0.05, 0) is 18.6 Å². The summed E-state index contributed by atoms with van der Waals surface area (Å²) in [6.07, 6.45) is 4.37. The number of nitrogens with zero attached hydrogens (tertiary/aromatic N) is 1. The second-order valence-electron chi connectivity index (χ2n) is 3.26. The lowest BCUT2D eigenvalue weighted by Crippen LogP contribution is -2.02. The minimum atomic E-state index is 0.0865. The first-order valence-corrected chi connectivity index (χ1v) is 5.42. The predicted octanol–water partition coefficient (Wildman–Crippen LogP) is 2.57. The highest BCUT2D eigenvalue weighted by Gasteiger charge is 2.04. The summed E-state index contributed by atoms with van der Waals surface area (Å²) in [7, 11) is 3.80. The van der Waals surface area contributed by atoms with Crippen LogP contribution in [0.4, 0.5) is 0 Å². The molecule has 0 atom stereocenters. The third-order valence-corrected chi connectivity index (χ3v) is 3.02. The molecular formula is C11H15NOS. The monoisotopic (exact) mass is 209 g/mol. The van der Waals surface area contributed by atoms with Crippen molar-refractivity contribution in [1.82, 2.24) is 4.90 Å². The van der Waals surface area contributed by atoms with Crippen molar-refractivity contribution in [1.29, 1.82) is 0 Å². The number of rotatable bonds is 4. The van der Waals surface area contributed by atoms with Gasteiger partial charge < -0.3 is 4.90 Å². The maximum absolute atomic E-state index is 11.6. The largest absolute Gasteiger partial charge is 0.383 e. The Balaban J connectivity index is 2.70. The van der Waals surface area contributed by atoms with E-state index >= 15 is 0 Å². The second kappa shape index (κ2) is 4.96. The van der Waals surface area contributed by atoms with Crippen molar-refractivity contribution in [2.45, 2.75) is 13.3 Å². The number of carbonyl (C=O) groups excluding carboxylic acids is 1. The standard InChI is InChI=1S/C11H15NOS/c1-4-9-5-6-11(14-9)10(13)7-8-12(2)3/h5-8H,4H2,1-3H3/b8-7+. The Kier molecular flexibility index (Phi) is 3.89. The summed E-state index contributed by atoms with van der Waals surface area (Å²) in [6, 6.07) is 3.91. The highest BCUT2D eigenvalue weighted by Crippen LogP contribution is 2.17. The van der Waals surface area contributed by atoms with Crippen molar-refractivity contribution < 1.29 is 4.79 Å². The number of carbonyl (C=O) groups is 1. The molecule has 3 heteroatoms. The molecule has 2 nitrogen and oxygen atoms in total. The lowest BCUT2D eigenvalue weighted by Gasteiger charge is -2.01. The molecule has 0 fully saturated rings. The van der Waals surface area contributed by atoms with Gasteiger partial charge in [0.2, 0.25) is 0 Å². The molecule has 0 aliphatic heterocycles. The molecule has 0 aromatic carbocycles. The van der Waals surface area contributed by atoms with Crippen LogP contribution in [0.1, 0.15) is 21.5 Å². The number of hydrogen-bond acceptors (Lipinski definition) is 3. The molecule has 0 spiro atoms. The molecule has 0 unspecified atom stereocenters. The number of aryl methyl sites for hydroxylation is 1. The maximum Gasteiger partial charge on any atom is 0.197 e. The summed E-state index contributed by atoms with van der Waals surface area (Å²) >= 11 is 1.57. The van der Waals surface area contributed by atoms with E-state index in [2.05, 4.69) is 6.92 Å². The quantitative estimate of drug-likeness (QED) is 0.561. The summed E-state index contributed by atoms with van der Waals surface area (Å²) < 4.78 is 0. The van der Waals surface area contributed by atoms with Crippen LogP contribution in [-0.2, 0) is 6.42 Å². The normalized spacial score (nSPS) is 10.8. The van der Waals surface area contributed by atoms with Crippen LogP contribution in [0, 0.1) is 0 Å². The van der Waals surface area contributed by atoms with E-state index < -0.39 is 0 Å². The fraction of sp³-hybridized carbons (Fsp3) is 0.364. The molecule has 0 amide bonds. The van der Waals surface area contributed by atoms with Crippen LogP contribution < -0.4 is 0 Å². The Labute approximate surface area is 88.9 Å². The number of allylic oxidation sites excluding steroid dienone is 1. The molecule has 1 rings (SSSR count). The van der Waals surface area contributed by atoms with E-state index in [1.807, 2.05) is 31.1 Å². The van der Waals surface area contributed by atoms with E-state index in [9.17, 15) is 4.79 Å². The summed E-state index contributed by atoms with van der Waals surface area (Å²) in [5.74, 6) is 0.0865. The average Bonchev–Trinajstić information content (AvgIpc) is 2.62. The van der Waals surface area contributed by atoms with Crippen LogP contribution in [0.5, 0.6) is 0 Å². The first kappa shape index (κ1) is 11.0. The first-order chi connectivity index (χ1) is 6.63. The molecule has 0 aliphatic rings. The van der Waals surface area contributed by atoms with Gasteiger partial charge in [0, 0.05) is 31.2 Å². The Morgan fingerprint density at radius 1 is 1.50 bits per heavy atom. The summed E-state index contributed by atoms with van der Waals surface area (Å²) in [4.78, 5) is 15.5. The molecule has 0 bridgehead atoms. The molecule has 0 radical (unpaired) electrons. The Bertz CT molecular complexity index is 339. The lowest BCUT2D eigenvalue weighted by atomic mass is 10.3. The summed E-state index contributed by atoms with van der Waals surface area (Å²) in [6.45, 7) is 2.09. The molecule has 0 N–H and O–H groups in total. The van der Waals surface area contributed by atoms with E-state index in [0.717, 1.165) is 11.3 Å². The van der Waals surface area contributed by atoms with Crippen LogP contribution in [0.3, 0.4) is 0 Å². The first-order valence-electron chi connectivity index (χ1n) is 4.61. The third-order valence-electron chi connectivity index (χ3n) is 1.78. The molecule has 1 aromatic heterocycles. The van der Waals surface area contributed by atoms with Gasteiger partial charge in [0.05, 0.1) is 4.88 Å². The summed E-state index contributed by atoms with van der Waals surface area (Å²) in [5, 5.41) is 0. The molecule has 14 heavy (non-hydrogen) atoms. The summed E-state index contributed by atoms with van der Waals surface area (Å²) in [5.41, 5.74) is 0. The molecule has 1 aromatic rings. The van der Waals surface area contributed by atoms with Crippen molar-refractivity contribution in [3.05, 3.63) is 34.2 Å². The lowest BCUT2D eigenvalue weighted by molar-refractivity contribution is 0.104. The van der Waals surface area contributed by atoms with E-state index in [-0.39, 0.29) is 5.78 Å². The van der Waals surface area contributed by atoms with Gasteiger partial charge in [-0.3, -0.25) is 4.79 Å². The average molecular weight is 209 g/mol.